The Morgan fingerprint density at radius 2 is 0.891 bits per heavy atom. The number of hydrogen-bond acceptors (Lipinski definition) is 3. The number of hydrogen-bond donors (Lipinski definition) is 0. The van der Waals surface area contributed by atoms with Crippen LogP contribution < -0.4 is 4.90 Å². The standard InChI is InChI=1S/C52H33NO2/c1-2-16-40-35(12-1)13-10-20-41(40)37-15-9-14-36(32-37)34-26-28-38(29-27-34)53(39-30-31-51-47(33-39)44-19-5-7-24-49(44)54-51)48-23-6-3-17-42(48)45-21-11-22-46-43-18-4-8-25-50(43)55-52(45)46/h1-33H. The molecule has 0 unspecified atom stereocenters. The molecule has 9 aromatic carbocycles. The van der Waals surface area contributed by atoms with Gasteiger partial charge in [0.15, 0.2) is 0 Å². The molecule has 3 nitrogen and oxygen atoms in total. The quantitative estimate of drug-likeness (QED) is 0.173. The third kappa shape index (κ3) is 5.20. The summed E-state index contributed by atoms with van der Waals surface area (Å²) in [7, 11) is 0. The van der Waals surface area contributed by atoms with Crippen LogP contribution in [-0.2, 0) is 0 Å². The molecule has 2 heterocycles. The lowest BCUT2D eigenvalue weighted by Gasteiger charge is -2.28. The summed E-state index contributed by atoms with van der Waals surface area (Å²) in [5.74, 6) is 0. The van der Waals surface area contributed by atoms with Crippen LogP contribution in [0, 0.1) is 0 Å². The number of rotatable bonds is 6. The van der Waals surface area contributed by atoms with E-state index in [9.17, 15) is 0 Å². The summed E-state index contributed by atoms with van der Waals surface area (Å²) in [6, 6.07) is 71.0. The van der Waals surface area contributed by atoms with E-state index in [1.807, 2.05) is 24.3 Å². The summed E-state index contributed by atoms with van der Waals surface area (Å²) in [5.41, 5.74) is 13.5. The second-order valence-electron chi connectivity index (χ2n) is 14.1. The highest BCUT2D eigenvalue weighted by Gasteiger charge is 2.21. The molecule has 0 spiro atoms. The summed E-state index contributed by atoms with van der Waals surface area (Å²) in [6.07, 6.45) is 0. The Bertz CT molecular complexity index is 3220. The third-order valence-electron chi connectivity index (χ3n) is 10.9. The predicted molar refractivity (Wildman–Crippen MR) is 229 cm³/mol. The van der Waals surface area contributed by atoms with Crippen LogP contribution in [0.25, 0.3) is 88.0 Å². The molecule has 0 aliphatic heterocycles. The highest BCUT2D eigenvalue weighted by molar-refractivity contribution is 6.11. The normalized spacial score (nSPS) is 11.6. The minimum atomic E-state index is 0.867. The SMILES string of the molecule is c1cc(-c2ccc(N(c3ccc4oc5ccccc5c4c3)c3ccccc3-c3cccc4c3oc3ccccc34)cc2)cc(-c2cccc3ccccc23)c1. The number of nitrogens with zero attached hydrogens (tertiary/aromatic N) is 1. The lowest BCUT2D eigenvalue weighted by molar-refractivity contribution is 0.669. The molecule has 0 atom stereocenters. The molecule has 0 fully saturated rings. The number of fused-ring (bicyclic) bond motifs is 7. The van der Waals surface area contributed by atoms with Crippen molar-refractivity contribution >= 4 is 71.7 Å². The van der Waals surface area contributed by atoms with Crippen LogP contribution in [0.15, 0.2) is 209 Å². The molecule has 0 aliphatic carbocycles. The first-order valence-corrected chi connectivity index (χ1v) is 18.7. The lowest BCUT2D eigenvalue weighted by atomic mass is 9.95. The maximum Gasteiger partial charge on any atom is 0.143 e. The van der Waals surface area contributed by atoms with Gasteiger partial charge in [-0.1, -0.05) is 146 Å². The molecule has 0 aliphatic rings. The van der Waals surface area contributed by atoms with Crippen LogP contribution in [0.4, 0.5) is 17.1 Å². The van der Waals surface area contributed by atoms with E-state index in [1.165, 1.54) is 27.5 Å². The Labute approximate surface area is 317 Å². The van der Waals surface area contributed by atoms with Crippen molar-refractivity contribution in [2.45, 2.75) is 0 Å². The van der Waals surface area contributed by atoms with Gasteiger partial charge in [-0.2, -0.15) is 0 Å². The monoisotopic (exact) mass is 703 g/mol. The van der Waals surface area contributed by atoms with Gasteiger partial charge in [-0.3, -0.25) is 0 Å². The molecule has 0 saturated carbocycles. The molecule has 55 heavy (non-hydrogen) atoms. The Hall–Kier alpha value is -7.36. The van der Waals surface area contributed by atoms with E-state index in [0.717, 1.165) is 77.6 Å². The molecular formula is C52H33NO2. The Morgan fingerprint density at radius 3 is 1.76 bits per heavy atom. The topological polar surface area (TPSA) is 29.5 Å². The number of benzene rings is 9. The van der Waals surface area contributed by atoms with Gasteiger partial charge in [-0.15, -0.1) is 0 Å². The van der Waals surface area contributed by atoms with Gasteiger partial charge in [0, 0.05) is 44.0 Å². The molecule has 0 N–H and O–H groups in total. The zero-order valence-electron chi connectivity index (χ0n) is 29.8. The first-order chi connectivity index (χ1) is 27.3. The number of anilines is 3. The van der Waals surface area contributed by atoms with Crippen molar-refractivity contribution < 1.29 is 8.83 Å². The summed E-state index contributed by atoms with van der Waals surface area (Å²) in [5, 5.41) is 6.90. The van der Waals surface area contributed by atoms with E-state index in [-0.39, 0.29) is 0 Å². The lowest BCUT2D eigenvalue weighted by Crippen LogP contribution is -2.11. The fourth-order valence-corrected chi connectivity index (χ4v) is 8.28. The minimum absolute atomic E-state index is 0.867. The van der Waals surface area contributed by atoms with Gasteiger partial charge < -0.3 is 13.7 Å². The van der Waals surface area contributed by atoms with Gasteiger partial charge in [0.2, 0.25) is 0 Å². The molecule has 258 valence electrons. The number of para-hydroxylation sites is 4. The van der Waals surface area contributed by atoms with Crippen molar-refractivity contribution in [3.63, 3.8) is 0 Å². The van der Waals surface area contributed by atoms with Crippen LogP contribution in [0.2, 0.25) is 0 Å². The fourth-order valence-electron chi connectivity index (χ4n) is 8.28. The highest BCUT2D eigenvalue weighted by atomic mass is 16.3. The summed E-state index contributed by atoms with van der Waals surface area (Å²) < 4.78 is 12.8. The molecule has 11 rings (SSSR count). The van der Waals surface area contributed by atoms with Crippen LogP contribution in [-0.4, -0.2) is 0 Å². The molecule has 3 heteroatoms. The van der Waals surface area contributed by atoms with E-state index in [4.69, 9.17) is 8.83 Å². The van der Waals surface area contributed by atoms with E-state index in [0.29, 0.717) is 0 Å². The van der Waals surface area contributed by atoms with Crippen LogP contribution in [0.1, 0.15) is 0 Å². The molecule has 11 aromatic rings. The van der Waals surface area contributed by atoms with Crippen molar-refractivity contribution in [1.29, 1.82) is 0 Å². The Balaban J connectivity index is 1.07. The van der Waals surface area contributed by atoms with Crippen LogP contribution in [0.5, 0.6) is 0 Å². The van der Waals surface area contributed by atoms with Gasteiger partial charge in [-0.05, 0) is 87.6 Å². The summed E-state index contributed by atoms with van der Waals surface area (Å²) in [6.45, 7) is 0. The molecule has 0 saturated heterocycles. The van der Waals surface area contributed by atoms with E-state index in [1.54, 1.807) is 0 Å². The Morgan fingerprint density at radius 1 is 0.309 bits per heavy atom. The minimum Gasteiger partial charge on any atom is -0.456 e. The molecule has 0 bridgehead atoms. The maximum atomic E-state index is 6.58. The zero-order chi connectivity index (χ0) is 36.3. The van der Waals surface area contributed by atoms with Gasteiger partial charge >= 0.3 is 0 Å². The highest BCUT2D eigenvalue weighted by Crippen LogP contribution is 2.45. The largest absolute Gasteiger partial charge is 0.456 e. The van der Waals surface area contributed by atoms with Crippen molar-refractivity contribution in [3.05, 3.63) is 200 Å². The van der Waals surface area contributed by atoms with Gasteiger partial charge in [0.25, 0.3) is 0 Å². The number of furan rings is 2. The second-order valence-corrected chi connectivity index (χ2v) is 14.1. The summed E-state index contributed by atoms with van der Waals surface area (Å²) >= 11 is 0. The second kappa shape index (κ2) is 12.6. The van der Waals surface area contributed by atoms with Crippen LogP contribution >= 0.6 is 0 Å². The first-order valence-electron chi connectivity index (χ1n) is 18.7. The van der Waals surface area contributed by atoms with Gasteiger partial charge in [0.1, 0.15) is 22.3 Å². The van der Waals surface area contributed by atoms with Gasteiger partial charge in [-0.25, -0.2) is 0 Å². The first kappa shape index (κ1) is 31.2. The maximum absolute atomic E-state index is 6.58. The zero-order valence-corrected chi connectivity index (χ0v) is 29.8. The molecular weight excluding hydrogens is 671 g/mol. The van der Waals surface area contributed by atoms with Crippen molar-refractivity contribution in [2.24, 2.45) is 0 Å². The molecule has 2 aromatic heterocycles. The average Bonchev–Trinajstić information content (AvgIpc) is 3.83. The molecule has 0 radical (unpaired) electrons. The van der Waals surface area contributed by atoms with Crippen molar-refractivity contribution in [1.82, 2.24) is 0 Å². The van der Waals surface area contributed by atoms with E-state index in [2.05, 4.69) is 181 Å². The van der Waals surface area contributed by atoms with Crippen molar-refractivity contribution in [3.8, 4) is 33.4 Å². The Kier molecular flexibility index (Phi) is 7.17. The smallest absolute Gasteiger partial charge is 0.143 e. The van der Waals surface area contributed by atoms with Crippen molar-refractivity contribution in [2.75, 3.05) is 4.90 Å². The predicted octanol–water partition coefficient (Wildman–Crippen LogP) is 15.1. The average molecular weight is 704 g/mol. The van der Waals surface area contributed by atoms with Crippen LogP contribution in [0.3, 0.4) is 0 Å². The summed E-state index contributed by atoms with van der Waals surface area (Å²) in [4.78, 5) is 2.36. The fraction of sp³-hybridized carbons (Fsp3) is 0. The van der Waals surface area contributed by atoms with E-state index >= 15 is 0 Å². The third-order valence-corrected chi connectivity index (χ3v) is 10.9. The molecule has 0 amide bonds. The van der Waals surface area contributed by atoms with E-state index < -0.39 is 0 Å². The van der Waals surface area contributed by atoms with Gasteiger partial charge in [0.05, 0.1) is 5.69 Å².